The third-order valence-corrected chi connectivity index (χ3v) is 6.27. The fourth-order valence-corrected chi connectivity index (χ4v) is 4.98. The first-order valence-electron chi connectivity index (χ1n) is 7.23. The van der Waals surface area contributed by atoms with Gasteiger partial charge in [0.15, 0.2) is 8.32 Å². The lowest BCUT2D eigenvalue weighted by molar-refractivity contribution is 0.146. The highest BCUT2D eigenvalue weighted by atomic mass is 28.4. The smallest absolute Gasteiger partial charge is 0.188 e. The second-order valence-electron chi connectivity index (χ2n) is 5.97. The summed E-state index contributed by atoms with van der Waals surface area (Å²) in [6, 6.07) is 1.24. The molecule has 1 aliphatic rings. The molecular formula is C15H28OSi. The van der Waals surface area contributed by atoms with Gasteiger partial charge in [-0.2, -0.15) is 0 Å². The molecule has 0 bridgehead atoms. The highest BCUT2D eigenvalue weighted by Crippen LogP contribution is 2.30. The van der Waals surface area contributed by atoms with Crippen LogP contribution >= 0.6 is 0 Å². The molecule has 98 valence electrons. The average molecular weight is 252 g/mol. The van der Waals surface area contributed by atoms with Gasteiger partial charge in [0.25, 0.3) is 0 Å². The predicted molar refractivity (Wildman–Crippen MR) is 77.5 cm³/mol. The molecule has 0 aromatic carbocycles. The van der Waals surface area contributed by atoms with Crippen LogP contribution in [0.4, 0.5) is 0 Å². The molecule has 1 nitrogen and oxygen atoms in total. The van der Waals surface area contributed by atoms with Gasteiger partial charge in [0, 0.05) is 0 Å². The lowest BCUT2D eigenvalue weighted by atomic mass is 9.85. The first-order valence-corrected chi connectivity index (χ1v) is 10.3. The van der Waals surface area contributed by atoms with Gasteiger partial charge in [-0.3, -0.25) is 0 Å². The Hall–Kier alpha value is -0.263. The van der Waals surface area contributed by atoms with Crippen molar-refractivity contribution in [3.05, 3.63) is 0 Å². The van der Waals surface area contributed by atoms with Crippen LogP contribution in [-0.2, 0) is 4.43 Å². The zero-order chi connectivity index (χ0) is 12.7. The molecule has 1 unspecified atom stereocenters. The molecule has 1 fully saturated rings. The molecule has 1 rings (SSSR count). The molecular weight excluding hydrogens is 224 g/mol. The van der Waals surface area contributed by atoms with Gasteiger partial charge in [0.1, 0.15) is 6.10 Å². The standard InChI is InChI=1S/C15H28OSi/c1-5-7-13-17(3,4)16-15(6-2)14-11-9-8-10-12-14/h2,14-15H,5,7-13H2,1,3-4H3. The van der Waals surface area contributed by atoms with Gasteiger partial charge in [0.05, 0.1) is 0 Å². The van der Waals surface area contributed by atoms with Crippen molar-refractivity contribution in [2.24, 2.45) is 5.92 Å². The van der Waals surface area contributed by atoms with E-state index in [4.69, 9.17) is 10.8 Å². The maximum atomic E-state index is 6.33. The SMILES string of the molecule is C#CC(O[Si](C)(C)CCCC)C1CCCCC1. The lowest BCUT2D eigenvalue weighted by Gasteiger charge is -2.33. The zero-order valence-corrected chi connectivity index (χ0v) is 12.8. The molecule has 1 atom stereocenters. The second-order valence-corrected chi connectivity index (χ2v) is 10.2. The molecule has 0 radical (unpaired) electrons. The molecule has 1 aliphatic carbocycles. The second kappa shape index (κ2) is 7.23. The third kappa shape index (κ3) is 5.27. The van der Waals surface area contributed by atoms with E-state index in [2.05, 4.69) is 25.9 Å². The average Bonchev–Trinajstić information content (AvgIpc) is 2.35. The van der Waals surface area contributed by atoms with E-state index in [1.807, 2.05) is 0 Å². The lowest BCUT2D eigenvalue weighted by Crippen LogP contribution is -2.38. The van der Waals surface area contributed by atoms with Gasteiger partial charge in [-0.1, -0.05) is 44.9 Å². The van der Waals surface area contributed by atoms with Gasteiger partial charge in [0.2, 0.25) is 0 Å². The monoisotopic (exact) mass is 252 g/mol. The summed E-state index contributed by atoms with van der Waals surface area (Å²) in [4.78, 5) is 0. The number of terminal acetylenes is 1. The van der Waals surface area contributed by atoms with Crippen LogP contribution in [0.3, 0.4) is 0 Å². The first kappa shape index (κ1) is 14.8. The van der Waals surface area contributed by atoms with Crippen LogP contribution in [0, 0.1) is 18.3 Å². The topological polar surface area (TPSA) is 9.23 Å². The minimum atomic E-state index is -1.53. The Kier molecular flexibility index (Phi) is 6.30. The van der Waals surface area contributed by atoms with Crippen LogP contribution in [0.25, 0.3) is 0 Å². The molecule has 0 spiro atoms. The van der Waals surface area contributed by atoms with Gasteiger partial charge in [-0.15, -0.1) is 6.42 Å². The van der Waals surface area contributed by atoms with E-state index in [0.29, 0.717) is 5.92 Å². The minimum absolute atomic E-state index is 0.0915. The van der Waals surface area contributed by atoms with Crippen molar-refractivity contribution < 1.29 is 4.43 Å². The predicted octanol–water partition coefficient (Wildman–Crippen LogP) is 4.59. The molecule has 1 saturated carbocycles. The molecule has 0 aromatic heterocycles. The van der Waals surface area contributed by atoms with Crippen LogP contribution in [0.2, 0.25) is 19.1 Å². The minimum Gasteiger partial charge on any atom is -0.404 e. The Bertz CT molecular complexity index is 248. The van der Waals surface area contributed by atoms with Crippen molar-refractivity contribution in [2.75, 3.05) is 0 Å². The van der Waals surface area contributed by atoms with Crippen molar-refractivity contribution in [1.29, 1.82) is 0 Å². The van der Waals surface area contributed by atoms with E-state index >= 15 is 0 Å². The molecule has 0 aromatic rings. The summed E-state index contributed by atoms with van der Waals surface area (Å²) in [5.74, 6) is 3.54. The summed E-state index contributed by atoms with van der Waals surface area (Å²) in [5, 5.41) is 0. The fraction of sp³-hybridized carbons (Fsp3) is 0.867. The summed E-state index contributed by atoms with van der Waals surface area (Å²) >= 11 is 0. The van der Waals surface area contributed by atoms with Crippen LogP contribution in [0.15, 0.2) is 0 Å². The Labute approximate surface area is 108 Å². The van der Waals surface area contributed by atoms with E-state index in [-0.39, 0.29) is 6.10 Å². The van der Waals surface area contributed by atoms with Crippen molar-refractivity contribution >= 4 is 8.32 Å². The highest BCUT2D eigenvalue weighted by molar-refractivity contribution is 6.71. The molecule has 0 saturated heterocycles. The quantitative estimate of drug-likeness (QED) is 0.496. The number of hydrogen-bond donors (Lipinski definition) is 0. The van der Waals surface area contributed by atoms with E-state index in [9.17, 15) is 0 Å². The summed E-state index contributed by atoms with van der Waals surface area (Å²) in [6.07, 6.45) is 14.9. The Morgan fingerprint density at radius 2 is 1.94 bits per heavy atom. The van der Waals surface area contributed by atoms with Gasteiger partial charge >= 0.3 is 0 Å². The number of hydrogen-bond acceptors (Lipinski definition) is 1. The van der Waals surface area contributed by atoms with Gasteiger partial charge in [-0.25, -0.2) is 0 Å². The van der Waals surface area contributed by atoms with Crippen molar-refractivity contribution in [3.8, 4) is 12.3 Å². The summed E-state index contributed by atoms with van der Waals surface area (Å²) < 4.78 is 6.33. The van der Waals surface area contributed by atoms with E-state index in [1.165, 1.54) is 51.0 Å². The van der Waals surface area contributed by atoms with Crippen LogP contribution < -0.4 is 0 Å². The fourth-order valence-electron chi connectivity index (χ4n) is 2.71. The normalized spacial score (nSPS) is 19.9. The Morgan fingerprint density at radius 3 is 2.47 bits per heavy atom. The summed E-state index contributed by atoms with van der Waals surface area (Å²) in [5.41, 5.74) is 0. The highest BCUT2D eigenvalue weighted by Gasteiger charge is 2.30. The maximum absolute atomic E-state index is 6.33. The van der Waals surface area contributed by atoms with Crippen LogP contribution in [0.5, 0.6) is 0 Å². The molecule has 0 amide bonds. The summed E-state index contributed by atoms with van der Waals surface area (Å²) in [7, 11) is -1.53. The molecule has 2 heteroatoms. The Balaban J connectivity index is 2.47. The Morgan fingerprint density at radius 1 is 1.29 bits per heavy atom. The largest absolute Gasteiger partial charge is 0.404 e. The molecule has 0 N–H and O–H groups in total. The molecule has 0 heterocycles. The number of rotatable bonds is 6. The van der Waals surface area contributed by atoms with Crippen molar-refractivity contribution in [1.82, 2.24) is 0 Å². The van der Waals surface area contributed by atoms with Crippen LogP contribution in [0.1, 0.15) is 51.9 Å². The first-order chi connectivity index (χ1) is 8.09. The van der Waals surface area contributed by atoms with Crippen molar-refractivity contribution in [2.45, 2.75) is 77.1 Å². The van der Waals surface area contributed by atoms with Crippen molar-refractivity contribution in [3.63, 3.8) is 0 Å². The van der Waals surface area contributed by atoms with Crippen LogP contribution in [-0.4, -0.2) is 14.4 Å². The number of unbranched alkanes of at least 4 members (excludes halogenated alkanes) is 1. The van der Waals surface area contributed by atoms with Gasteiger partial charge < -0.3 is 4.43 Å². The summed E-state index contributed by atoms with van der Waals surface area (Å²) in [6.45, 7) is 6.87. The third-order valence-electron chi connectivity index (χ3n) is 3.82. The van der Waals surface area contributed by atoms with E-state index < -0.39 is 8.32 Å². The van der Waals surface area contributed by atoms with E-state index in [1.54, 1.807) is 0 Å². The zero-order valence-electron chi connectivity index (χ0n) is 11.8. The molecule has 17 heavy (non-hydrogen) atoms. The maximum Gasteiger partial charge on any atom is 0.188 e. The molecule has 0 aliphatic heterocycles. The van der Waals surface area contributed by atoms with Gasteiger partial charge in [-0.05, 0) is 37.9 Å². The van der Waals surface area contributed by atoms with E-state index in [0.717, 1.165) is 0 Å².